The molecule has 23 heavy (non-hydrogen) atoms. The van der Waals surface area contributed by atoms with E-state index in [2.05, 4.69) is 45.5 Å². The highest BCUT2D eigenvalue weighted by Gasteiger charge is 2.26. The van der Waals surface area contributed by atoms with Crippen molar-refractivity contribution in [2.45, 2.75) is 12.6 Å². The molecule has 2 N–H and O–H groups in total. The van der Waals surface area contributed by atoms with Crippen LogP contribution in [0.15, 0.2) is 65.6 Å². The molecule has 0 atom stereocenters. The number of benzene rings is 2. The van der Waals surface area contributed by atoms with Gasteiger partial charge in [0.1, 0.15) is 0 Å². The third-order valence-electron chi connectivity index (χ3n) is 4.35. The van der Waals surface area contributed by atoms with Crippen LogP contribution in [-0.4, -0.2) is 29.0 Å². The van der Waals surface area contributed by atoms with Gasteiger partial charge in [-0.2, -0.15) is 0 Å². The number of aromatic nitrogens is 1. The van der Waals surface area contributed by atoms with Crippen LogP contribution in [0, 0.1) is 0 Å². The van der Waals surface area contributed by atoms with Gasteiger partial charge in [0.15, 0.2) is 0 Å². The number of hydrogen-bond donors (Lipinski definition) is 2. The molecule has 1 fully saturated rings. The molecular weight excluding hydrogens is 286 g/mol. The number of fused-ring (bicyclic) bond motifs is 1. The maximum Gasteiger partial charge on any atom is 0.255 e. The highest BCUT2D eigenvalue weighted by molar-refractivity contribution is 5.84. The highest BCUT2D eigenvalue weighted by Crippen LogP contribution is 2.20. The van der Waals surface area contributed by atoms with E-state index in [1.54, 1.807) is 6.20 Å². The van der Waals surface area contributed by atoms with Crippen LogP contribution in [-0.2, 0) is 6.54 Å². The van der Waals surface area contributed by atoms with Gasteiger partial charge in [0.05, 0.1) is 6.04 Å². The van der Waals surface area contributed by atoms with Gasteiger partial charge >= 0.3 is 0 Å². The van der Waals surface area contributed by atoms with E-state index in [0.29, 0.717) is 6.04 Å². The van der Waals surface area contributed by atoms with Gasteiger partial charge in [0, 0.05) is 36.9 Å². The number of rotatable bonds is 4. The van der Waals surface area contributed by atoms with Crippen LogP contribution in [0.3, 0.4) is 0 Å². The number of nitrogens with zero attached hydrogens (tertiary/aromatic N) is 1. The first-order valence-corrected chi connectivity index (χ1v) is 7.92. The Morgan fingerprint density at radius 2 is 1.91 bits per heavy atom. The summed E-state index contributed by atoms with van der Waals surface area (Å²) in [6.07, 6.45) is 1.69. The summed E-state index contributed by atoms with van der Waals surface area (Å²) in [5.41, 5.74) is 2.40. The predicted molar refractivity (Wildman–Crippen MR) is 93.7 cm³/mol. The van der Waals surface area contributed by atoms with Gasteiger partial charge in [-0.05, 0) is 35.2 Å². The highest BCUT2D eigenvalue weighted by atomic mass is 16.1. The maximum atomic E-state index is 11.7. The third kappa shape index (κ3) is 2.98. The lowest BCUT2D eigenvalue weighted by atomic mass is 10.1. The van der Waals surface area contributed by atoms with Gasteiger partial charge < -0.3 is 10.3 Å². The van der Waals surface area contributed by atoms with Gasteiger partial charge in [-0.1, -0.05) is 30.3 Å². The SMILES string of the molecule is O=c1[nH]ccc2cc(NC3CN(Cc4ccccc4)C3)ccc12. The fourth-order valence-electron chi connectivity index (χ4n) is 3.15. The molecule has 0 saturated carbocycles. The second-order valence-corrected chi connectivity index (χ2v) is 6.13. The minimum Gasteiger partial charge on any atom is -0.380 e. The summed E-state index contributed by atoms with van der Waals surface area (Å²) in [7, 11) is 0. The summed E-state index contributed by atoms with van der Waals surface area (Å²) < 4.78 is 0. The Morgan fingerprint density at radius 3 is 2.74 bits per heavy atom. The zero-order chi connectivity index (χ0) is 15.6. The summed E-state index contributed by atoms with van der Waals surface area (Å²) in [6.45, 7) is 3.09. The lowest BCUT2D eigenvalue weighted by Gasteiger charge is -2.40. The largest absolute Gasteiger partial charge is 0.380 e. The Kier molecular flexibility index (Phi) is 3.60. The number of pyridine rings is 1. The molecule has 0 radical (unpaired) electrons. The first-order chi connectivity index (χ1) is 11.3. The monoisotopic (exact) mass is 305 g/mol. The first kappa shape index (κ1) is 14.0. The van der Waals surface area contributed by atoms with Crippen molar-refractivity contribution in [2.24, 2.45) is 0 Å². The average Bonchev–Trinajstić information content (AvgIpc) is 2.54. The van der Waals surface area contributed by atoms with Gasteiger partial charge in [0.2, 0.25) is 0 Å². The molecule has 3 aromatic rings. The van der Waals surface area contributed by atoms with E-state index in [1.807, 2.05) is 24.3 Å². The minimum atomic E-state index is -0.0354. The third-order valence-corrected chi connectivity index (χ3v) is 4.35. The van der Waals surface area contributed by atoms with Crippen LogP contribution < -0.4 is 10.9 Å². The second-order valence-electron chi connectivity index (χ2n) is 6.13. The van der Waals surface area contributed by atoms with Crippen LogP contribution in [0.25, 0.3) is 10.8 Å². The van der Waals surface area contributed by atoms with E-state index >= 15 is 0 Å². The molecule has 1 aromatic heterocycles. The van der Waals surface area contributed by atoms with Gasteiger partial charge in [-0.25, -0.2) is 0 Å². The van der Waals surface area contributed by atoms with Crippen molar-refractivity contribution in [3.8, 4) is 0 Å². The molecule has 0 aliphatic carbocycles. The Bertz CT molecular complexity index is 866. The lowest BCUT2D eigenvalue weighted by Crippen LogP contribution is -2.53. The maximum absolute atomic E-state index is 11.7. The molecule has 0 amide bonds. The van der Waals surface area contributed by atoms with E-state index in [9.17, 15) is 4.79 Å². The molecule has 2 aromatic carbocycles. The molecule has 116 valence electrons. The Morgan fingerprint density at radius 1 is 1.09 bits per heavy atom. The normalized spacial score (nSPS) is 15.5. The molecule has 0 spiro atoms. The number of hydrogen-bond acceptors (Lipinski definition) is 3. The quantitative estimate of drug-likeness (QED) is 0.779. The Balaban J connectivity index is 1.38. The summed E-state index contributed by atoms with van der Waals surface area (Å²) >= 11 is 0. The van der Waals surface area contributed by atoms with Crippen molar-refractivity contribution in [1.82, 2.24) is 9.88 Å². The van der Waals surface area contributed by atoms with E-state index in [-0.39, 0.29) is 5.56 Å². The predicted octanol–water partition coefficient (Wildman–Crippen LogP) is 2.82. The van der Waals surface area contributed by atoms with Crippen LogP contribution in [0.2, 0.25) is 0 Å². The number of nitrogens with one attached hydrogen (secondary N) is 2. The molecule has 4 nitrogen and oxygen atoms in total. The topological polar surface area (TPSA) is 48.1 Å². The standard InChI is InChI=1S/C19H19N3O/c23-19-18-7-6-16(10-15(18)8-9-20-19)21-17-12-22(13-17)11-14-4-2-1-3-5-14/h1-10,17,21H,11-13H2,(H,20,23). The zero-order valence-corrected chi connectivity index (χ0v) is 12.8. The van der Waals surface area contributed by atoms with E-state index < -0.39 is 0 Å². The van der Waals surface area contributed by atoms with Crippen LogP contribution in [0.1, 0.15) is 5.56 Å². The summed E-state index contributed by atoms with van der Waals surface area (Å²) in [4.78, 5) is 16.8. The number of aromatic amines is 1. The fraction of sp³-hybridized carbons (Fsp3) is 0.211. The molecule has 1 aliphatic heterocycles. The lowest BCUT2D eigenvalue weighted by molar-refractivity contribution is 0.153. The fourth-order valence-corrected chi connectivity index (χ4v) is 3.15. The summed E-state index contributed by atoms with van der Waals surface area (Å²) in [5, 5.41) is 5.26. The molecule has 0 bridgehead atoms. The first-order valence-electron chi connectivity index (χ1n) is 7.92. The van der Waals surface area contributed by atoms with Crippen molar-refractivity contribution >= 4 is 16.5 Å². The molecular formula is C19H19N3O. The average molecular weight is 305 g/mol. The van der Waals surface area contributed by atoms with E-state index in [4.69, 9.17) is 0 Å². The number of H-pyrrole nitrogens is 1. The molecule has 2 heterocycles. The second kappa shape index (κ2) is 5.89. The van der Waals surface area contributed by atoms with Crippen molar-refractivity contribution in [2.75, 3.05) is 18.4 Å². The van der Waals surface area contributed by atoms with Crippen LogP contribution in [0.4, 0.5) is 5.69 Å². The van der Waals surface area contributed by atoms with E-state index in [0.717, 1.165) is 36.1 Å². The molecule has 0 unspecified atom stereocenters. The number of likely N-dealkylation sites (tertiary alicyclic amines) is 1. The Hall–Kier alpha value is -2.59. The molecule has 4 rings (SSSR count). The zero-order valence-electron chi connectivity index (χ0n) is 12.8. The summed E-state index contributed by atoms with van der Waals surface area (Å²) in [6, 6.07) is 18.9. The van der Waals surface area contributed by atoms with Gasteiger partial charge in [0.25, 0.3) is 5.56 Å². The van der Waals surface area contributed by atoms with Crippen molar-refractivity contribution < 1.29 is 0 Å². The van der Waals surface area contributed by atoms with Crippen LogP contribution in [0.5, 0.6) is 0 Å². The van der Waals surface area contributed by atoms with Crippen molar-refractivity contribution in [3.05, 3.63) is 76.7 Å². The van der Waals surface area contributed by atoms with Gasteiger partial charge in [-0.15, -0.1) is 0 Å². The van der Waals surface area contributed by atoms with Crippen molar-refractivity contribution in [3.63, 3.8) is 0 Å². The molecule has 4 heteroatoms. The van der Waals surface area contributed by atoms with Crippen LogP contribution >= 0.6 is 0 Å². The van der Waals surface area contributed by atoms with Gasteiger partial charge in [-0.3, -0.25) is 9.69 Å². The molecule has 1 saturated heterocycles. The molecule has 1 aliphatic rings. The summed E-state index contributed by atoms with van der Waals surface area (Å²) in [5.74, 6) is 0. The minimum absolute atomic E-state index is 0.0354. The smallest absolute Gasteiger partial charge is 0.255 e. The van der Waals surface area contributed by atoms with E-state index in [1.165, 1.54) is 5.56 Å². The Labute approximate surface area is 134 Å². The number of anilines is 1. The van der Waals surface area contributed by atoms with Crippen molar-refractivity contribution in [1.29, 1.82) is 0 Å².